The fourth-order valence-corrected chi connectivity index (χ4v) is 3.65. The van der Waals surface area contributed by atoms with Gasteiger partial charge in [0.05, 0.1) is 12.0 Å². The molecule has 0 aromatic rings. The topological polar surface area (TPSA) is 37.4 Å². The summed E-state index contributed by atoms with van der Waals surface area (Å²) in [5.41, 5.74) is 0.476. The van der Waals surface area contributed by atoms with Gasteiger partial charge < -0.3 is 0 Å². The van der Waals surface area contributed by atoms with E-state index in [2.05, 4.69) is 6.58 Å². The molecule has 4 atom stereocenters. The Bertz CT molecular complexity index is 374. The molecule has 4 unspecified atom stereocenters. The predicted octanol–water partition coefficient (Wildman–Crippen LogP) is 1.35. The number of hydrogen-bond donors (Lipinski definition) is 0. The Morgan fingerprint density at radius 2 is 2.07 bits per heavy atom. The van der Waals surface area contributed by atoms with E-state index in [1.807, 2.05) is 0 Å². The number of carbonyl (C=O) groups is 2. The largest absolute Gasteiger partial charge is 0.274 e. The number of hydrogen-bond acceptors (Lipinski definition) is 2. The maximum absolute atomic E-state index is 11.8. The summed E-state index contributed by atoms with van der Waals surface area (Å²) in [5.74, 6) is 1.23. The molecular formula is C12H15NO2. The Kier molecular flexibility index (Phi) is 1.65. The summed E-state index contributed by atoms with van der Waals surface area (Å²) in [6, 6.07) is 0.223. The quantitative estimate of drug-likeness (QED) is 0.478. The third-order valence-electron chi connectivity index (χ3n) is 4.28. The standard InChI is InChI=1S/C12H15NO2/c1-6(2)11(14)13-10-8-4-3-7(5-8)9(10)12(13)15/h7-10H,1,3-5H2,2H3. The third-order valence-corrected chi connectivity index (χ3v) is 4.28. The van der Waals surface area contributed by atoms with Crippen molar-refractivity contribution >= 4 is 11.8 Å². The first-order valence-corrected chi connectivity index (χ1v) is 5.64. The van der Waals surface area contributed by atoms with Crippen molar-refractivity contribution in [2.75, 3.05) is 0 Å². The van der Waals surface area contributed by atoms with Gasteiger partial charge in [-0.05, 0) is 38.0 Å². The molecule has 15 heavy (non-hydrogen) atoms. The maximum atomic E-state index is 11.8. The van der Waals surface area contributed by atoms with Gasteiger partial charge in [-0.3, -0.25) is 14.5 Å². The molecule has 3 rings (SSSR count). The predicted molar refractivity (Wildman–Crippen MR) is 54.8 cm³/mol. The molecule has 0 N–H and O–H groups in total. The van der Waals surface area contributed by atoms with Crippen molar-refractivity contribution in [2.45, 2.75) is 32.2 Å². The van der Waals surface area contributed by atoms with Gasteiger partial charge in [-0.2, -0.15) is 0 Å². The van der Waals surface area contributed by atoms with Crippen LogP contribution in [0.2, 0.25) is 0 Å². The molecule has 3 nitrogen and oxygen atoms in total. The SMILES string of the molecule is C=C(C)C(=O)N1C(=O)C2C3CCC(C3)C21. The lowest BCUT2D eigenvalue weighted by Gasteiger charge is -2.48. The molecule has 2 bridgehead atoms. The summed E-state index contributed by atoms with van der Waals surface area (Å²) < 4.78 is 0. The van der Waals surface area contributed by atoms with Crippen molar-refractivity contribution in [3.8, 4) is 0 Å². The number of amides is 2. The van der Waals surface area contributed by atoms with E-state index in [1.165, 1.54) is 17.7 Å². The normalized spacial score (nSPS) is 41.4. The molecule has 1 aliphatic heterocycles. The van der Waals surface area contributed by atoms with E-state index in [4.69, 9.17) is 0 Å². The van der Waals surface area contributed by atoms with Crippen molar-refractivity contribution < 1.29 is 9.59 Å². The van der Waals surface area contributed by atoms with E-state index in [9.17, 15) is 9.59 Å². The van der Waals surface area contributed by atoms with E-state index in [1.54, 1.807) is 6.92 Å². The van der Waals surface area contributed by atoms with Gasteiger partial charge in [-0.15, -0.1) is 0 Å². The molecule has 3 fully saturated rings. The van der Waals surface area contributed by atoms with E-state index in [-0.39, 0.29) is 23.8 Å². The van der Waals surface area contributed by atoms with Crippen molar-refractivity contribution in [1.82, 2.24) is 4.90 Å². The Morgan fingerprint density at radius 1 is 1.40 bits per heavy atom. The molecular weight excluding hydrogens is 190 g/mol. The van der Waals surface area contributed by atoms with Crippen LogP contribution in [0, 0.1) is 17.8 Å². The minimum Gasteiger partial charge on any atom is -0.274 e. The number of imide groups is 1. The molecule has 0 aromatic carbocycles. The minimum absolute atomic E-state index is 0.0557. The van der Waals surface area contributed by atoms with Crippen LogP contribution in [0.3, 0.4) is 0 Å². The highest BCUT2D eigenvalue weighted by atomic mass is 16.2. The van der Waals surface area contributed by atoms with Crippen molar-refractivity contribution in [1.29, 1.82) is 0 Å². The molecule has 3 heteroatoms. The summed E-state index contributed by atoms with van der Waals surface area (Å²) in [7, 11) is 0. The molecule has 3 aliphatic rings. The van der Waals surface area contributed by atoms with E-state index >= 15 is 0 Å². The molecule has 0 aromatic heterocycles. The number of likely N-dealkylation sites (tertiary alicyclic amines) is 1. The van der Waals surface area contributed by atoms with Gasteiger partial charge in [-0.1, -0.05) is 6.58 Å². The van der Waals surface area contributed by atoms with Crippen molar-refractivity contribution in [3.63, 3.8) is 0 Å². The molecule has 1 heterocycles. The molecule has 2 amide bonds. The number of nitrogens with zero attached hydrogens (tertiary/aromatic N) is 1. The van der Waals surface area contributed by atoms with Crippen LogP contribution in [0.1, 0.15) is 26.2 Å². The molecule has 2 saturated carbocycles. The first-order valence-electron chi connectivity index (χ1n) is 5.64. The van der Waals surface area contributed by atoms with Crippen LogP contribution in [-0.4, -0.2) is 22.8 Å². The van der Waals surface area contributed by atoms with Crippen LogP contribution in [-0.2, 0) is 9.59 Å². The van der Waals surface area contributed by atoms with Gasteiger partial charge in [0.2, 0.25) is 5.91 Å². The molecule has 2 aliphatic carbocycles. The highest BCUT2D eigenvalue weighted by Gasteiger charge is 2.63. The Hall–Kier alpha value is -1.12. The number of β-lactam (4-membered cyclic amide) rings is 1. The highest BCUT2D eigenvalue weighted by Crippen LogP contribution is 2.56. The zero-order valence-corrected chi connectivity index (χ0v) is 8.90. The van der Waals surface area contributed by atoms with Gasteiger partial charge >= 0.3 is 0 Å². The average molecular weight is 205 g/mol. The Labute approximate surface area is 89.1 Å². The van der Waals surface area contributed by atoms with Gasteiger partial charge in [0.1, 0.15) is 0 Å². The second-order valence-corrected chi connectivity index (χ2v) is 5.14. The Morgan fingerprint density at radius 3 is 2.73 bits per heavy atom. The lowest BCUT2D eigenvalue weighted by molar-refractivity contribution is -0.167. The first-order chi connectivity index (χ1) is 7.11. The van der Waals surface area contributed by atoms with Crippen LogP contribution < -0.4 is 0 Å². The fraction of sp³-hybridized carbons (Fsp3) is 0.667. The lowest BCUT2D eigenvalue weighted by Crippen LogP contribution is -2.65. The Balaban J connectivity index is 1.86. The molecule has 0 radical (unpaired) electrons. The van der Waals surface area contributed by atoms with Gasteiger partial charge in [0.25, 0.3) is 5.91 Å². The van der Waals surface area contributed by atoms with Gasteiger partial charge in [-0.25, -0.2) is 0 Å². The second kappa shape index (κ2) is 2.71. The summed E-state index contributed by atoms with van der Waals surface area (Å²) >= 11 is 0. The highest BCUT2D eigenvalue weighted by molar-refractivity contribution is 6.08. The molecule has 0 spiro atoms. The summed E-state index contributed by atoms with van der Waals surface area (Å²) in [6.45, 7) is 5.30. The summed E-state index contributed by atoms with van der Waals surface area (Å²) in [5, 5.41) is 0. The van der Waals surface area contributed by atoms with Crippen LogP contribution in [0.25, 0.3) is 0 Å². The molecule has 1 saturated heterocycles. The first kappa shape index (κ1) is 9.13. The number of rotatable bonds is 1. The average Bonchev–Trinajstić information content (AvgIpc) is 2.73. The van der Waals surface area contributed by atoms with Crippen molar-refractivity contribution in [2.24, 2.45) is 17.8 Å². The van der Waals surface area contributed by atoms with E-state index in [0.29, 0.717) is 17.4 Å². The lowest BCUT2D eigenvalue weighted by atomic mass is 9.76. The fourth-order valence-electron chi connectivity index (χ4n) is 3.65. The smallest absolute Gasteiger partial charge is 0.255 e. The molecule has 80 valence electrons. The number of fused-ring (bicyclic) bond motifs is 5. The third kappa shape index (κ3) is 0.959. The summed E-state index contributed by atoms with van der Waals surface area (Å²) in [6.07, 6.45) is 3.53. The number of carbonyl (C=O) groups excluding carboxylic acids is 2. The zero-order chi connectivity index (χ0) is 10.7. The van der Waals surface area contributed by atoms with E-state index in [0.717, 1.165) is 6.42 Å². The van der Waals surface area contributed by atoms with Gasteiger partial charge in [0.15, 0.2) is 0 Å². The van der Waals surface area contributed by atoms with Crippen LogP contribution in [0.4, 0.5) is 0 Å². The second-order valence-electron chi connectivity index (χ2n) is 5.14. The maximum Gasteiger partial charge on any atom is 0.255 e. The van der Waals surface area contributed by atoms with Gasteiger partial charge in [0, 0.05) is 5.57 Å². The van der Waals surface area contributed by atoms with Crippen LogP contribution in [0.5, 0.6) is 0 Å². The van der Waals surface area contributed by atoms with Crippen LogP contribution in [0.15, 0.2) is 12.2 Å². The monoisotopic (exact) mass is 205 g/mol. The summed E-state index contributed by atoms with van der Waals surface area (Å²) in [4.78, 5) is 25.1. The van der Waals surface area contributed by atoms with E-state index < -0.39 is 0 Å². The zero-order valence-electron chi connectivity index (χ0n) is 8.90. The minimum atomic E-state index is -0.159. The van der Waals surface area contributed by atoms with Crippen LogP contribution >= 0.6 is 0 Å². The van der Waals surface area contributed by atoms with Crippen molar-refractivity contribution in [3.05, 3.63) is 12.2 Å².